The highest BCUT2D eigenvalue weighted by molar-refractivity contribution is 5.80. The quantitative estimate of drug-likeness (QED) is 0.627. The summed E-state index contributed by atoms with van der Waals surface area (Å²) < 4.78 is 0. The third-order valence-corrected chi connectivity index (χ3v) is 2.63. The summed E-state index contributed by atoms with van der Waals surface area (Å²) >= 11 is 0. The van der Waals surface area contributed by atoms with Crippen LogP contribution in [0.15, 0.2) is 12.2 Å². The third kappa shape index (κ3) is 1.43. The first-order chi connectivity index (χ1) is 5.87. The lowest BCUT2D eigenvalue weighted by atomic mass is 9.74. The van der Waals surface area contributed by atoms with E-state index < -0.39 is 29.2 Å². The summed E-state index contributed by atoms with van der Waals surface area (Å²) in [4.78, 5) is 21.5. The van der Waals surface area contributed by atoms with Crippen LogP contribution in [0.5, 0.6) is 0 Å². The van der Waals surface area contributed by atoms with E-state index in [2.05, 4.69) is 0 Å². The zero-order valence-electron chi connectivity index (χ0n) is 7.52. The fourth-order valence-electron chi connectivity index (χ4n) is 1.71. The molecular formula is C9H12O4. The van der Waals surface area contributed by atoms with E-state index in [4.69, 9.17) is 10.2 Å². The van der Waals surface area contributed by atoms with Crippen molar-refractivity contribution in [1.82, 2.24) is 0 Å². The average molecular weight is 184 g/mol. The normalized spacial score (nSPS) is 30.3. The van der Waals surface area contributed by atoms with Gasteiger partial charge in [0.1, 0.15) is 0 Å². The maximum Gasteiger partial charge on any atom is 0.310 e. The maximum atomic E-state index is 10.7. The van der Waals surface area contributed by atoms with Gasteiger partial charge >= 0.3 is 11.9 Å². The topological polar surface area (TPSA) is 74.6 Å². The smallest absolute Gasteiger partial charge is 0.310 e. The minimum Gasteiger partial charge on any atom is -0.481 e. The molecule has 4 nitrogen and oxygen atoms in total. The zero-order valence-corrected chi connectivity index (χ0v) is 7.52. The molecule has 0 aromatic rings. The van der Waals surface area contributed by atoms with Gasteiger partial charge in [0.2, 0.25) is 0 Å². The van der Waals surface area contributed by atoms with Gasteiger partial charge in [-0.1, -0.05) is 26.0 Å². The van der Waals surface area contributed by atoms with Crippen molar-refractivity contribution >= 4 is 11.9 Å². The fraction of sp³-hybridized carbons (Fsp3) is 0.556. The second kappa shape index (κ2) is 2.87. The Hall–Kier alpha value is -1.32. The largest absolute Gasteiger partial charge is 0.481 e. The Labute approximate surface area is 75.9 Å². The molecule has 0 aromatic heterocycles. The van der Waals surface area contributed by atoms with Crippen molar-refractivity contribution in [3.05, 3.63) is 12.2 Å². The van der Waals surface area contributed by atoms with Gasteiger partial charge in [0.15, 0.2) is 0 Å². The van der Waals surface area contributed by atoms with Gasteiger partial charge in [-0.05, 0) is 5.41 Å². The van der Waals surface area contributed by atoms with E-state index in [1.54, 1.807) is 13.8 Å². The highest BCUT2D eigenvalue weighted by Gasteiger charge is 2.46. The van der Waals surface area contributed by atoms with Crippen LogP contribution in [0.4, 0.5) is 0 Å². The summed E-state index contributed by atoms with van der Waals surface area (Å²) in [5.41, 5.74) is -0.738. The molecule has 1 rings (SSSR count). The fourth-order valence-corrected chi connectivity index (χ4v) is 1.71. The zero-order chi connectivity index (χ0) is 10.2. The van der Waals surface area contributed by atoms with Crippen molar-refractivity contribution in [2.75, 3.05) is 0 Å². The van der Waals surface area contributed by atoms with Gasteiger partial charge in [0.05, 0.1) is 11.8 Å². The Balaban J connectivity index is 2.95. The lowest BCUT2D eigenvalue weighted by molar-refractivity contribution is -0.148. The summed E-state index contributed by atoms with van der Waals surface area (Å²) in [6.07, 6.45) is 2.92. The minimum atomic E-state index is -0.968. The Morgan fingerprint density at radius 1 is 1.08 bits per heavy atom. The number of hydrogen-bond donors (Lipinski definition) is 2. The molecule has 0 spiro atoms. The van der Waals surface area contributed by atoms with E-state index >= 15 is 0 Å². The molecule has 0 bridgehead atoms. The van der Waals surface area contributed by atoms with Gasteiger partial charge in [-0.3, -0.25) is 9.59 Å². The number of aliphatic carboxylic acids is 2. The summed E-state index contributed by atoms with van der Waals surface area (Å²) in [6, 6.07) is 0. The second-order valence-corrected chi connectivity index (χ2v) is 3.84. The molecule has 0 fully saturated rings. The van der Waals surface area contributed by atoms with E-state index in [-0.39, 0.29) is 0 Å². The van der Waals surface area contributed by atoms with Crippen molar-refractivity contribution in [2.45, 2.75) is 13.8 Å². The van der Waals surface area contributed by atoms with Gasteiger partial charge in [0, 0.05) is 0 Å². The van der Waals surface area contributed by atoms with Crippen molar-refractivity contribution in [3.63, 3.8) is 0 Å². The molecule has 0 saturated heterocycles. The minimum absolute atomic E-state index is 0.700. The third-order valence-electron chi connectivity index (χ3n) is 2.63. The van der Waals surface area contributed by atoms with Crippen molar-refractivity contribution in [2.24, 2.45) is 17.3 Å². The molecule has 13 heavy (non-hydrogen) atoms. The van der Waals surface area contributed by atoms with Crippen LogP contribution in [0.2, 0.25) is 0 Å². The molecule has 0 aliphatic heterocycles. The molecule has 0 heterocycles. The molecule has 0 amide bonds. The highest BCUT2D eigenvalue weighted by Crippen LogP contribution is 2.42. The summed E-state index contributed by atoms with van der Waals surface area (Å²) in [5, 5.41) is 17.6. The van der Waals surface area contributed by atoms with E-state index in [1.807, 2.05) is 0 Å². The first kappa shape index (κ1) is 9.77. The van der Waals surface area contributed by atoms with Crippen LogP contribution in [0, 0.1) is 17.3 Å². The first-order valence-electron chi connectivity index (χ1n) is 4.01. The molecule has 2 atom stereocenters. The van der Waals surface area contributed by atoms with Gasteiger partial charge in [0.25, 0.3) is 0 Å². The van der Waals surface area contributed by atoms with Crippen LogP contribution in [0.1, 0.15) is 13.8 Å². The molecule has 2 unspecified atom stereocenters. The molecule has 0 radical (unpaired) electrons. The van der Waals surface area contributed by atoms with Gasteiger partial charge < -0.3 is 10.2 Å². The average Bonchev–Trinajstić information content (AvgIpc) is 2.24. The van der Waals surface area contributed by atoms with Crippen molar-refractivity contribution in [3.8, 4) is 0 Å². The standard InChI is InChI=1S/C9H12O4/c1-9(2)5(7(10)11)3-4-6(9)8(12)13/h3-6H,1-2H3,(H,10,11)(H,12,13). The van der Waals surface area contributed by atoms with E-state index in [1.165, 1.54) is 12.2 Å². The van der Waals surface area contributed by atoms with Gasteiger partial charge in [-0.25, -0.2) is 0 Å². The predicted molar refractivity (Wildman–Crippen MR) is 45.2 cm³/mol. The number of carboxylic acid groups (broad SMARTS) is 2. The number of hydrogen-bond acceptors (Lipinski definition) is 2. The van der Waals surface area contributed by atoms with Crippen LogP contribution in [-0.4, -0.2) is 22.2 Å². The lowest BCUT2D eigenvalue weighted by Gasteiger charge is -2.28. The lowest BCUT2D eigenvalue weighted by Crippen LogP contribution is -2.34. The summed E-state index contributed by atoms with van der Waals surface area (Å²) in [6.45, 7) is 3.31. The summed E-state index contributed by atoms with van der Waals surface area (Å²) in [7, 11) is 0. The second-order valence-electron chi connectivity index (χ2n) is 3.84. The van der Waals surface area contributed by atoms with E-state index in [9.17, 15) is 9.59 Å². The molecule has 0 aromatic carbocycles. The Kier molecular flexibility index (Phi) is 2.15. The Bertz CT molecular complexity index is 251. The Morgan fingerprint density at radius 3 is 1.54 bits per heavy atom. The highest BCUT2D eigenvalue weighted by atomic mass is 16.4. The molecule has 2 N–H and O–H groups in total. The molecule has 1 aliphatic carbocycles. The molecule has 4 heteroatoms. The van der Waals surface area contributed by atoms with Crippen molar-refractivity contribution < 1.29 is 19.8 Å². The van der Waals surface area contributed by atoms with E-state index in [0.717, 1.165) is 0 Å². The van der Waals surface area contributed by atoms with Crippen molar-refractivity contribution in [1.29, 1.82) is 0 Å². The molecular weight excluding hydrogens is 172 g/mol. The van der Waals surface area contributed by atoms with E-state index in [0.29, 0.717) is 0 Å². The van der Waals surface area contributed by atoms with Crippen LogP contribution in [0.3, 0.4) is 0 Å². The molecule has 0 saturated carbocycles. The predicted octanol–water partition coefficient (Wildman–Crippen LogP) is 0.984. The Morgan fingerprint density at radius 2 is 1.38 bits per heavy atom. The van der Waals surface area contributed by atoms with Crippen LogP contribution < -0.4 is 0 Å². The van der Waals surface area contributed by atoms with Gasteiger partial charge in [-0.2, -0.15) is 0 Å². The van der Waals surface area contributed by atoms with Gasteiger partial charge in [-0.15, -0.1) is 0 Å². The number of carboxylic acids is 2. The van der Waals surface area contributed by atoms with Crippen LogP contribution >= 0.6 is 0 Å². The maximum absolute atomic E-state index is 10.7. The number of carbonyl (C=O) groups is 2. The first-order valence-corrected chi connectivity index (χ1v) is 4.01. The molecule has 1 aliphatic rings. The summed E-state index contributed by atoms with van der Waals surface area (Å²) in [5.74, 6) is -3.34. The molecule has 72 valence electrons. The monoisotopic (exact) mass is 184 g/mol. The SMILES string of the molecule is CC1(C)C(C(=O)O)C=CC1C(=O)O. The number of rotatable bonds is 2. The van der Waals surface area contributed by atoms with Crippen LogP contribution in [-0.2, 0) is 9.59 Å². The van der Waals surface area contributed by atoms with Crippen LogP contribution in [0.25, 0.3) is 0 Å².